The van der Waals surface area contributed by atoms with Gasteiger partial charge in [0.25, 0.3) is 0 Å². The molecule has 0 bridgehead atoms. The highest BCUT2D eigenvalue weighted by molar-refractivity contribution is 7.98. The van der Waals surface area contributed by atoms with E-state index in [2.05, 4.69) is 19.4 Å². The van der Waals surface area contributed by atoms with Crippen LogP contribution in [0.2, 0.25) is 0 Å². The molecule has 0 unspecified atom stereocenters. The minimum atomic E-state index is -0.282. The van der Waals surface area contributed by atoms with E-state index in [1.165, 1.54) is 0 Å². The lowest BCUT2D eigenvalue weighted by atomic mass is 10.3. The number of amides is 2. The molecule has 3 aromatic rings. The third kappa shape index (κ3) is 3.32. The van der Waals surface area contributed by atoms with Crippen molar-refractivity contribution in [1.82, 2.24) is 8.75 Å². The van der Waals surface area contributed by atoms with Gasteiger partial charge in [0.15, 0.2) is 0 Å². The summed E-state index contributed by atoms with van der Waals surface area (Å²) in [6.45, 7) is 0. The van der Waals surface area contributed by atoms with Crippen LogP contribution in [0.3, 0.4) is 0 Å². The molecule has 106 valence electrons. The Morgan fingerprint density at radius 2 is 1.81 bits per heavy atom. The van der Waals surface area contributed by atoms with Crippen LogP contribution in [0.5, 0.6) is 0 Å². The van der Waals surface area contributed by atoms with Crippen LogP contribution in [0, 0.1) is 0 Å². The molecular formula is C14H12N4OS2. The van der Waals surface area contributed by atoms with Crippen LogP contribution < -0.4 is 10.6 Å². The maximum Gasteiger partial charge on any atom is 0.323 e. The van der Waals surface area contributed by atoms with Crippen molar-refractivity contribution in [3.63, 3.8) is 0 Å². The molecular weight excluding hydrogens is 304 g/mol. The normalized spacial score (nSPS) is 10.5. The number of benzene rings is 2. The lowest BCUT2D eigenvalue weighted by Gasteiger charge is -2.08. The van der Waals surface area contributed by atoms with E-state index in [0.29, 0.717) is 5.69 Å². The summed E-state index contributed by atoms with van der Waals surface area (Å²) in [6.07, 6.45) is 2.00. The van der Waals surface area contributed by atoms with Gasteiger partial charge in [0, 0.05) is 16.3 Å². The highest BCUT2D eigenvalue weighted by atomic mass is 32.2. The number of nitrogens with zero attached hydrogens (tertiary/aromatic N) is 2. The van der Waals surface area contributed by atoms with Gasteiger partial charge in [-0.1, -0.05) is 6.07 Å². The summed E-state index contributed by atoms with van der Waals surface area (Å²) in [7, 11) is 0. The summed E-state index contributed by atoms with van der Waals surface area (Å²) in [5, 5.41) is 5.60. The monoisotopic (exact) mass is 316 g/mol. The third-order valence-corrected chi connectivity index (χ3v) is 4.12. The van der Waals surface area contributed by atoms with Crippen molar-refractivity contribution in [3.05, 3.63) is 42.5 Å². The standard InChI is InChI=1S/C14H12N4OS2/c1-20-11-4-2-3-9(7-11)15-14(19)16-10-5-6-12-13(8-10)18-21-17-12/h2-8H,1H3,(H2,15,16,19). The fourth-order valence-electron chi connectivity index (χ4n) is 1.85. The Kier molecular flexibility index (Phi) is 4.03. The molecule has 0 fully saturated rings. The highest BCUT2D eigenvalue weighted by Gasteiger charge is 2.05. The molecule has 0 aliphatic rings. The summed E-state index contributed by atoms with van der Waals surface area (Å²) in [5.41, 5.74) is 3.06. The molecule has 7 heteroatoms. The zero-order chi connectivity index (χ0) is 14.7. The summed E-state index contributed by atoms with van der Waals surface area (Å²) in [5.74, 6) is 0. The molecule has 1 heterocycles. The Morgan fingerprint density at radius 1 is 1.05 bits per heavy atom. The Labute approximate surface area is 130 Å². The van der Waals surface area contributed by atoms with E-state index in [1.54, 1.807) is 17.8 Å². The van der Waals surface area contributed by atoms with Gasteiger partial charge in [0.1, 0.15) is 11.0 Å². The highest BCUT2D eigenvalue weighted by Crippen LogP contribution is 2.20. The van der Waals surface area contributed by atoms with E-state index in [4.69, 9.17) is 0 Å². The van der Waals surface area contributed by atoms with Crippen molar-refractivity contribution in [2.24, 2.45) is 0 Å². The molecule has 5 nitrogen and oxygen atoms in total. The minimum absolute atomic E-state index is 0.282. The van der Waals surface area contributed by atoms with Crippen molar-refractivity contribution in [2.75, 3.05) is 16.9 Å². The minimum Gasteiger partial charge on any atom is -0.308 e. The van der Waals surface area contributed by atoms with Gasteiger partial charge >= 0.3 is 6.03 Å². The zero-order valence-corrected chi connectivity index (χ0v) is 12.8. The van der Waals surface area contributed by atoms with Crippen LogP contribution >= 0.6 is 23.5 Å². The first kappa shape index (κ1) is 13.8. The van der Waals surface area contributed by atoms with Gasteiger partial charge in [0.2, 0.25) is 0 Å². The average molecular weight is 316 g/mol. The van der Waals surface area contributed by atoms with Gasteiger partial charge < -0.3 is 10.6 Å². The number of hydrogen-bond donors (Lipinski definition) is 2. The number of rotatable bonds is 3. The second-order valence-corrected chi connectivity index (χ2v) is 5.69. The first-order chi connectivity index (χ1) is 10.2. The fourth-order valence-corrected chi connectivity index (χ4v) is 2.83. The lowest BCUT2D eigenvalue weighted by molar-refractivity contribution is 0.262. The Hall–Kier alpha value is -2.12. The van der Waals surface area contributed by atoms with Gasteiger partial charge in [-0.25, -0.2) is 4.79 Å². The molecule has 0 aliphatic heterocycles. The number of nitrogens with one attached hydrogen (secondary N) is 2. The van der Waals surface area contributed by atoms with E-state index < -0.39 is 0 Å². The van der Waals surface area contributed by atoms with Crippen molar-refractivity contribution in [1.29, 1.82) is 0 Å². The topological polar surface area (TPSA) is 66.9 Å². The third-order valence-electron chi connectivity index (χ3n) is 2.84. The number of fused-ring (bicyclic) bond motifs is 1. The predicted molar refractivity (Wildman–Crippen MR) is 88.3 cm³/mol. The van der Waals surface area contributed by atoms with E-state index in [0.717, 1.165) is 33.3 Å². The maximum absolute atomic E-state index is 12.0. The number of aromatic nitrogens is 2. The number of carbonyl (C=O) groups excluding carboxylic acids is 1. The molecule has 3 rings (SSSR count). The van der Waals surface area contributed by atoms with Crippen LogP contribution in [0.25, 0.3) is 11.0 Å². The quantitative estimate of drug-likeness (QED) is 0.715. The van der Waals surface area contributed by atoms with Gasteiger partial charge in [0.05, 0.1) is 11.7 Å². The number of anilines is 2. The van der Waals surface area contributed by atoms with Gasteiger partial charge in [-0.3, -0.25) is 0 Å². The molecule has 0 aliphatic carbocycles. The van der Waals surface area contributed by atoms with Crippen LogP contribution in [-0.2, 0) is 0 Å². The smallest absolute Gasteiger partial charge is 0.308 e. The first-order valence-corrected chi connectivity index (χ1v) is 8.14. The van der Waals surface area contributed by atoms with Crippen molar-refractivity contribution >= 4 is 51.9 Å². The number of hydrogen-bond acceptors (Lipinski definition) is 5. The van der Waals surface area contributed by atoms with Crippen molar-refractivity contribution in [2.45, 2.75) is 4.90 Å². The zero-order valence-electron chi connectivity index (χ0n) is 11.2. The van der Waals surface area contributed by atoms with Gasteiger partial charge in [-0.2, -0.15) is 8.75 Å². The second-order valence-electron chi connectivity index (χ2n) is 4.28. The molecule has 0 saturated carbocycles. The molecule has 0 radical (unpaired) electrons. The van der Waals surface area contributed by atoms with Crippen molar-refractivity contribution < 1.29 is 4.79 Å². The van der Waals surface area contributed by atoms with E-state index in [9.17, 15) is 4.79 Å². The Morgan fingerprint density at radius 3 is 2.62 bits per heavy atom. The molecule has 0 atom stereocenters. The van der Waals surface area contributed by atoms with Gasteiger partial charge in [-0.15, -0.1) is 11.8 Å². The number of carbonyl (C=O) groups is 1. The molecule has 1 aromatic heterocycles. The predicted octanol–water partition coefficient (Wildman–Crippen LogP) is 4.06. The molecule has 0 spiro atoms. The average Bonchev–Trinajstić information content (AvgIpc) is 2.95. The molecule has 2 aromatic carbocycles. The van der Waals surface area contributed by atoms with Crippen molar-refractivity contribution in [3.8, 4) is 0 Å². The molecule has 0 saturated heterocycles. The van der Waals surface area contributed by atoms with Gasteiger partial charge in [-0.05, 0) is 42.7 Å². The van der Waals surface area contributed by atoms with Crippen LogP contribution in [0.4, 0.5) is 16.2 Å². The van der Waals surface area contributed by atoms with Crippen LogP contribution in [0.15, 0.2) is 47.4 Å². The molecule has 2 amide bonds. The summed E-state index contributed by atoms with van der Waals surface area (Å²) in [4.78, 5) is 13.1. The fraction of sp³-hybridized carbons (Fsp3) is 0.0714. The number of thioether (sulfide) groups is 1. The lowest BCUT2D eigenvalue weighted by Crippen LogP contribution is -2.19. The summed E-state index contributed by atoms with van der Waals surface area (Å²) >= 11 is 2.79. The first-order valence-electron chi connectivity index (χ1n) is 6.19. The summed E-state index contributed by atoms with van der Waals surface area (Å²) < 4.78 is 8.28. The second kappa shape index (κ2) is 6.11. The van der Waals surface area contributed by atoms with E-state index in [1.807, 2.05) is 42.7 Å². The van der Waals surface area contributed by atoms with E-state index >= 15 is 0 Å². The summed E-state index contributed by atoms with van der Waals surface area (Å²) in [6, 6.07) is 12.9. The maximum atomic E-state index is 12.0. The SMILES string of the molecule is CSc1cccc(NC(=O)Nc2ccc3nsnc3c2)c1. The molecule has 21 heavy (non-hydrogen) atoms. The number of urea groups is 1. The van der Waals surface area contributed by atoms with Crippen LogP contribution in [0.1, 0.15) is 0 Å². The Bertz CT molecular complexity index is 787. The Balaban J connectivity index is 1.70. The van der Waals surface area contributed by atoms with E-state index in [-0.39, 0.29) is 6.03 Å². The molecule has 2 N–H and O–H groups in total. The largest absolute Gasteiger partial charge is 0.323 e. The van der Waals surface area contributed by atoms with Crippen LogP contribution in [-0.4, -0.2) is 21.0 Å².